The number of nitrogens with zero attached hydrogens (tertiary/aromatic N) is 1. The van der Waals surface area contributed by atoms with Crippen LogP contribution in [0.1, 0.15) is 29.6 Å². The van der Waals surface area contributed by atoms with Crippen molar-refractivity contribution in [2.75, 3.05) is 7.05 Å². The highest BCUT2D eigenvalue weighted by molar-refractivity contribution is 7.12. The van der Waals surface area contributed by atoms with Crippen molar-refractivity contribution in [1.29, 1.82) is 0 Å². The third-order valence-corrected chi connectivity index (χ3v) is 3.46. The van der Waals surface area contributed by atoms with Gasteiger partial charge in [0.05, 0.1) is 6.04 Å². The predicted octanol–water partition coefficient (Wildman–Crippen LogP) is 2.03. The minimum Gasteiger partial charge on any atom is -0.530 e. The van der Waals surface area contributed by atoms with Crippen LogP contribution in [0.25, 0.3) is 0 Å². The Bertz CT molecular complexity index is 346. The van der Waals surface area contributed by atoms with Crippen LogP contribution in [0, 0.1) is 12.8 Å². The zero-order chi connectivity index (χ0) is 11.6. The number of carbonyl (C=O) groups is 1. The molecule has 0 N–H and O–H groups in total. The van der Waals surface area contributed by atoms with Gasteiger partial charge in [-0.15, -0.1) is 11.3 Å². The van der Waals surface area contributed by atoms with E-state index in [9.17, 15) is 9.90 Å². The van der Waals surface area contributed by atoms with Gasteiger partial charge in [0.15, 0.2) is 0 Å². The van der Waals surface area contributed by atoms with Crippen LogP contribution in [0.2, 0.25) is 0 Å². The van der Waals surface area contributed by atoms with Crippen LogP contribution in [0.4, 0.5) is 4.79 Å². The molecule has 0 aliphatic rings. The van der Waals surface area contributed by atoms with E-state index in [1.807, 2.05) is 32.9 Å². The summed E-state index contributed by atoms with van der Waals surface area (Å²) in [5.74, 6) is 0.242. The van der Waals surface area contributed by atoms with Gasteiger partial charge in [0.1, 0.15) is 6.09 Å². The second kappa shape index (κ2) is 4.66. The molecule has 1 rings (SSSR count). The Morgan fingerprint density at radius 1 is 1.47 bits per heavy atom. The molecule has 84 valence electrons. The molecular formula is C11H16NO2S-. The van der Waals surface area contributed by atoms with E-state index in [1.54, 1.807) is 18.4 Å². The fraction of sp³-hybridized carbons (Fsp3) is 0.545. The fourth-order valence-electron chi connectivity index (χ4n) is 1.69. The number of rotatable bonds is 3. The Morgan fingerprint density at radius 2 is 2.07 bits per heavy atom. The zero-order valence-corrected chi connectivity index (χ0v) is 10.3. The maximum Gasteiger partial charge on any atom is 0.137 e. The zero-order valence-electron chi connectivity index (χ0n) is 9.48. The molecule has 0 aromatic carbocycles. The van der Waals surface area contributed by atoms with Crippen LogP contribution in [-0.2, 0) is 0 Å². The van der Waals surface area contributed by atoms with Gasteiger partial charge in [0, 0.05) is 16.8 Å². The van der Waals surface area contributed by atoms with Gasteiger partial charge in [-0.2, -0.15) is 0 Å². The van der Waals surface area contributed by atoms with E-state index in [0.717, 1.165) is 4.88 Å². The van der Waals surface area contributed by atoms with Gasteiger partial charge < -0.3 is 14.8 Å². The number of carboxylic acid groups (broad SMARTS) is 1. The number of hydrogen-bond acceptors (Lipinski definition) is 3. The summed E-state index contributed by atoms with van der Waals surface area (Å²) in [7, 11) is 1.56. The first-order chi connectivity index (χ1) is 6.93. The fourth-order valence-corrected chi connectivity index (χ4v) is 2.89. The molecule has 0 fully saturated rings. The van der Waals surface area contributed by atoms with E-state index < -0.39 is 6.09 Å². The Balaban J connectivity index is 2.98. The molecule has 15 heavy (non-hydrogen) atoms. The molecule has 0 bridgehead atoms. The van der Waals surface area contributed by atoms with Crippen LogP contribution in [0.5, 0.6) is 0 Å². The molecule has 0 spiro atoms. The van der Waals surface area contributed by atoms with E-state index in [4.69, 9.17) is 0 Å². The Kier molecular flexibility index (Phi) is 3.74. The first-order valence-corrected chi connectivity index (χ1v) is 5.75. The summed E-state index contributed by atoms with van der Waals surface area (Å²) in [6.45, 7) is 6.04. The molecule has 0 radical (unpaired) electrons. The Morgan fingerprint density at radius 3 is 2.40 bits per heavy atom. The molecule has 0 aliphatic carbocycles. The number of aryl methyl sites for hydroxylation is 1. The minimum atomic E-state index is -1.13. The van der Waals surface area contributed by atoms with Crippen molar-refractivity contribution >= 4 is 17.4 Å². The van der Waals surface area contributed by atoms with Crippen molar-refractivity contribution in [1.82, 2.24) is 4.90 Å². The molecule has 1 aromatic heterocycles. The van der Waals surface area contributed by atoms with Crippen LogP contribution in [-0.4, -0.2) is 18.0 Å². The summed E-state index contributed by atoms with van der Waals surface area (Å²) in [4.78, 5) is 14.4. The van der Waals surface area contributed by atoms with Crippen molar-refractivity contribution in [3.05, 3.63) is 21.9 Å². The van der Waals surface area contributed by atoms with Crippen molar-refractivity contribution < 1.29 is 9.90 Å². The largest absolute Gasteiger partial charge is 0.530 e. The molecular weight excluding hydrogens is 210 g/mol. The normalized spacial score (nSPS) is 12.9. The van der Waals surface area contributed by atoms with Gasteiger partial charge in [0.2, 0.25) is 0 Å². The Labute approximate surface area is 94.3 Å². The summed E-state index contributed by atoms with van der Waals surface area (Å²) < 4.78 is 0. The lowest BCUT2D eigenvalue weighted by atomic mass is 10.0. The monoisotopic (exact) mass is 226 g/mol. The number of amides is 1. The molecule has 1 amide bonds. The van der Waals surface area contributed by atoms with Gasteiger partial charge in [-0.1, -0.05) is 13.8 Å². The van der Waals surface area contributed by atoms with Gasteiger partial charge >= 0.3 is 0 Å². The second-order valence-electron chi connectivity index (χ2n) is 4.01. The highest BCUT2D eigenvalue weighted by atomic mass is 32.1. The lowest BCUT2D eigenvalue weighted by Crippen LogP contribution is -2.42. The van der Waals surface area contributed by atoms with E-state index in [-0.39, 0.29) is 12.0 Å². The molecule has 0 aliphatic heterocycles. The Hall–Kier alpha value is -1.03. The van der Waals surface area contributed by atoms with E-state index >= 15 is 0 Å². The number of hydrogen-bond donors (Lipinski definition) is 0. The van der Waals surface area contributed by atoms with Crippen molar-refractivity contribution in [3.63, 3.8) is 0 Å². The molecule has 3 nitrogen and oxygen atoms in total. The van der Waals surface area contributed by atoms with E-state index in [1.165, 1.54) is 9.78 Å². The highest BCUT2D eigenvalue weighted by Crippen LogP contribution is 2.32. The number of carbonyl (C=O) groups excluding carboxylic acids is 1. The van der Waals surface area contributed by atoms with Gasteiger partial charge in [-0.25, -0.2) is 0 Å². The highest BCUT2D eigenvalue weighted by Gasteiger charge is 2.22. The number of thiophene rings is 1. The van der Waals surface area contributed by atoms with Crippen LogP contribution >= 0.6 is 11.3 Å². The van der Waals surface area contributed by atoms with Crippen molar-refractivity contribution in [2.24, 2.45) is 5.92 Å². The molecule has 1 atom stereocenters. The van der Waals surface area contributed by atoms with Crippen LogP contribution in [0.3, 0.4) is 0 Å². The molecule has 0 saturated heterocycles. The summed E-state index contributed by atoms with van der Waals surface area (Å²) in [5, 5.41) is 10.8. The third kappa shape index (κ3) is 2.72. The lowest BCUT2D eigenvalue weighted by molar-refractivity contribution is -0.267. The molecule has 1 unspecified atom stereocenters. The molecule has 4 heteroatoms. The minimum absolute atomic E-state index is 0.103. The summed E-state index contributed by atoms with van der Waals surface area (Å²) in [6, 6.07) is 3.90. The van der Waals surface area contributed by atoms with E-state index in [2.05, 4.69) is 0 Å². The summed E-state index contributed by atoms with van der Waals surface area (Å²) >= 11 is 1.64. The van der Waals surface area contributed by atoms with Gasteiger partial charge in [0.25, 0.3) is 0 Å². The second-order valence-corrected chi connectivity index (χ2v) is 5.33. The standard InChI is InChI=1S/C11H17NO2S/c1-7(2)10(12(4)11(13)14)9-6-5-8(3)15-9/h5-7,10H,1-4H3,(H,13,14)/p-1. The maximum absolute atomic E-state index is 10.8. The average Bonchev–Trinajstić information content (AvgIpc) is 2.51. The predicted molar refractivity (Wildman–Crippen MR) is 59.8 cm³/mol. The smallest absolute Gasteiger partial charge is 0.137 e. The first kappa shape index (κ1) is 12.0. The quantitative estimate of drug-likeness (QED) is 0.791. The average molecular weight is 226 g/mol. The van der Waals surface area contributed by atoms with Crippen molar-refractivity contribution in [2.45, 2.75) is 26.8 Å². The summed E-state index contributed by atoms with van der Waals surface area (Å²) in [6.07, 6.45) is -1.13. The first-order valence-electron chi connectivity index (χ1n) is 4.93. The topological polar surface area (TPSA) is 43.4 Å². The van der Waals surface area contributed by atoms with Gasteiger partial charge in [-0.3, -0.25) is 0 Å². The molecule has 1 aromatic rings. The molecule has 0 saturated carbocycles. The maximum atomic E-state index is 10.8. The van der Waals surface area contributed by atoms with Crippen molar-refractivity contribution in [3.8, 4) is 0 Å². The molecule has 1 heterocycles. The lowest BCUT2D eigenvalue weighted by Gasteiger charge is -2.32. The van der Waals surface area contributed by atoms with Gasteiger partial charge in [-0.05, 0) is 25.0 Å². The third-order valence-electron chi connectivity index (χ3n) is 2.39. The van der Waals surface area contributed by atoms with Crippen LogP contribution in [0.15, 0.2) is 12.1 Å². The SMILES string of the molecule is Cc1ccc(C(C(C)C)N(C)C(=O)[O-])s1. The van der Waals surface area contributed by atoms with Crippen LogP contribution < -0.4 is 5.11 Å². The van der Waals surface area contributed by atoms with E-state index in [0.29, 0.717) is 0 Å². The summed E-state index contributed by atoms with van der Waals surface area (Å²) in [5.41, 5.74) is 0.